The summed E-state index contributed by atoms with van der Waals surface area (Å²) in [5.74, 6) is 2.11. The Balaban J connectivity index is 1.39. The number of carbonyl (C=O) groups is 1. The van der Waals surface area contributed by atoms with Crippen molar-refractivity contribution < 1.29 is 9.53 Å². The zero-order valence-electron chi connectivity index (χ0n) is 20.4. The molecule has 0 radical (unpaired) electrons. The number of likely N-dealkylation sites (tertiary alicyclic amines) is 1. The van der Waals surface area contributed by atoms with Crippen molar-refractivity contribution >= 4 is 23.6 Å². The zero-order chi connectivity index (χ0) is 24.2. The van der Waals surface area contributed by atoms with Gasteiger partial charge in [0.1, 0.15) is 5.82 Å². The molecule has 186 valence electrons. The molecule has 2 aromatic rings. The topological polar surface area (TPSA) is 126 Å². The minimum atomic E-state index is -0.106. The van der Waals surface area contributed by atoms with Gasteiger partial charge in [-0.25, -0.2) is 15.0 Å². The van der Waals surface area contributed by atoms with Crippen molar-refractivity contribution in [3.8, 4) is 11.3 Å². The van der Waals surface area contributed by atoms with Crippen LogP contribution in [0.2, 0.25) is 0 Å². The van der Waals surface area contributed by atoms with E-state index < -0.39 is 0 Å². The smallest absolute Gasteiger partial charge is 0.237 e. The number of morpholine rings is 1. The second-order valence-corrected chi connectivity index (χ2v) is 10.3. The van der Waals surface area contributed by atoms with E-state index in [1.54, 1.807) is 12.4 Å². The molecule has 3 atom stereocenters. The molecular weight excluding hydrogens is 446 g/mol. The Hall–Kier alpha value is -3.05. The molecule has 35 heavy (non-hydrogen) atoms. The number of aromatic nitrogens is 4. The van der Waals surface area contributed by atoms with E-state index in [-0.39, 0.29) is 29.5 Å². The van der Waals surface area contributed by atoms with Crippen LogP contribution in [0.3, 0.4) is 0 Å². The number of nitrogens with one attached hydrogen (secondary N) is 1. The van der Waals surface area contributed by atoms with Crippen molar-refractivity contribution in [3.63, 3.8) is 0 Å². The van der Waals surface area contributed by atoms with Gasteiger partial charge in [-0.15, -0.1) is 0 Å². The molecule has 0 aromatic carbocycles. The first-order chi connectivity index (χ1) is 16.9. The summed E-state index contributed by atoms with van der Waals surface area (Å²) >= 11 is 0. The number of rotatable bonds is 4. The minimum absolute atomic E-state index is 0.0171. The van der Waals surface area contributed by atoms with Crippen LogP contribution in [0, 0.1) is 0 Å². The van der Waals surface area contributed by atoms with Gasteiger partial charge in [-0.1, -0.05) is 0 Å². The molecule has 6 rings (SSSR count). The van der Waals surface area contributed by atoms with E-state index in [1.807, 2.05) is 0 Å². The van der Waals surface area contributed by atoms with Crippen LogP contribution in [0.1, 0.15) is 32.3 Å². The normalized spacial score (nSPS) is 29.0. The molecular formula is C24H33N9O2. The van der Waals surface area contributed by atoms with E-state index >= 15 is 0 Å². The lowest BCUT2D eigenvalue weighted by Gasteiger charge is -2.38. The Morgan fingerprint density at radius 1 is 1.20 bits per heavy atom. The number of nitrogen functional groups attached to an aromatic ring is 1. The van der Waals surface area contributed by atoms with Crippen LogP contribution < -0.4 is 20.9 Å². The third-order valence-corrected chi connectivity index (χ3v) is 7.98. The summed E-state index contributed by atoms with van der Waals surface area (Å²) in [6.45, 7) is 9.91. The van der Waals surface area contributed by atoms with Crippen molar-refractivity contribution in [1.82, 2.24) is 30.2 Å². The van der Waals surface area contributed by atoms with E-state index in [4.69, 9.17) is 20.4 Å². The summed E-state index contributed by atoms with van der Waals surface area (Å²) in [6.07, 6.45) is 6.22. The molecule has 0 bridgehead atoms. The quantitative estimate of drug-likeness (QED) is 0.639. The van der Waals surface area contributed by atoms with Gasteiger partial charge < -0.3 is 25.6 Å². The van der Waals surface area contributed by atoms with Crippen LogP contribution in [0.15, 0.2) is 12.4 Å². The van der Waals surface area contributed by atoms with Crippen LogP contribution >= 0.6 is 0 Å². The molecule has 4 aliphatic heterocycles. The number of anilines is 3. The van der Waals surface area contributed by atoms with Crippen molar-refractivity contribution in [1.29, 1.82) is 0 Å². The minimum Gasteiger partial charge on any atom is -0.377 e. The van der Waals surface area contributed by atoms with Gasteiger partial charge in [-0.2, -0.15) is 4.98 Å². The lowest BCUT2D eigenvalue weighted by Crippen LogP contribution is -2.50. The molecule has 4 aliphatic rings. The zero-order valence-corrected chi connectivity index (χ0v) is 20.4. The third-order valence-electron chi connectivity index (χ3n) is 7.98. The summed E-state index contributed by atoms with van der Waals surface area (Å²) < 4.78 is 5.66. The third kappa shape index (κ3) is 3.86. The van der Waals surface area contributed by atoms with Gasteiger partial charge in [0, 0.05) is 56.2 Å². The Labute approximate surface area is 205 Å². The van der Waals surface area contributed by atoms with Crippen molar-refractivity contribution in [2.24, 2.45) is 0 Å². The maximum Gasteiger partial charge on any atom is 0.237 e. The average Bonchev–Trinajstić information content (AvgIpc) is 3.58. The number of amides is 1. The van der Waals surface area contributed by atoms with Crippen LogP contribution in [-0.4, -0.2) is 94.3 Å². The molecule has 0 spiro atoms. The molecule has 1 amide bonds. The summed E-state index contributed by atoms with van der Waals surface area (Å²) in [6, 6.07) is 0.169. The fraction of sp³-hybridized carbons (Fsp3) is 0.625. The van der Waals surface area contributed by atoms with E-state index in [0.717, 1.165) is 74.6 Å². The van der Waals surface area contributed by atoms with Crippen molar-refractivity contribution in [2.45, 2.75) is 50.7 Å². The number of hydrogen-bond donors (Lipinski definition) is 2. The number of nitrogens with two attached hydrogens (primary N) is 1. The standard InChI is InChI=1S/C24H33N9O2/c1-15-13-35-10-9-32(15)23-29-19(16-11-27-22(25)28-12-16)17-4-7-33(20(17)30-23)24(2)5-8-31(14-24)18-3-6-26-21(18)34/h11-12,15,18H,3-10,13-14H2,1-2H3,(H,26,34)(H2,25,27,28)/t15-,18?,24-/m0/s1. The summed E-state index contributed by atoms with van der Waals surface area (Å²) in [5, 5.41) is 2.99. The fourth-order valence-corrected chi connectivity index (χ4v) is 6.02. The fourth-order valence-electron chi connectivity index (χ4n) is 6.02. The van der Waals surface area contributed by atoms with E-state index in [1.165, 1.54) is 0 Å². The van der Waals surface area contributed by atoms with Gasteiger partial charge in [0.15, 0.2) is 0 Å². The van der Waals surface area contributed by atoms with Crippen molar-refractivity contribution in [3.05, 3.63) is 18.0 Å². The molecule has 3 fully saturated rings. The number of hydrogen-bond acceptors (Lipinski definition) is 10. The highest BCUT2D eigenvalue weighted by atomic mass is 16.5. The first-order valence-electron chi connectivity index (χ1n) is 12.6. The number of nitrogens with zero attached hydrogens (tertiary/aromatic N) is 7. The first kappa shape index (κ1) is 22.4. The highest BCUT2D eigenvalue weighted by molar-refractivity contribution is 5.83. The van der Waals surface area contributed by atoms with Gasteiger partial charge in [-0.3, -0.25) is 9.69 Å². The Morgan fingerprint density at radius 2 is 2.03 bits per heavy atom. The van der Waals surface area contributed by atoms with E-state index in [9.17, 15) is 4.79 Å². The monoisotopic (exact) mass is 479 g/mol. The predicted octanol–water partition coefficient (Wildman–Crippen LogP) is 0.456. The lowest BCUT2D eigenvalue weighted by atomic mass is 9.99. The molecule has 3 N–H and O–H groups in total. The molecule has 6 heterocycles. The maximum atomic E-state index is 12.3. The molecule has 11 heteroatoms. The van der Waals surface area contributed by atoms with Crippen LogP contribution in [0.25, 0.3) is 11.3 Å². The van der Waals surface area contributed by atoms with Gasteiger partial charge in [0.05, 0.1) is 36.5 Å². The molecule has 2 aromatic heterocycles. The van der Waals surface area contributed by atoms with E-state index in [2.05, 4.69) is 43.8 Å². The number of carbonyl (C=O) groups excluding carboxylic acids is 1. The Kier molecular flexibility index (Phi) is 5.48. The van der Waals surface area contributed by atoms with Gasteiger partial charge >= 0.3 is 0 Å². The Morgan fingerprint density at radius 3 is 2.77 bits per heavy atom. The highest BCUT2D eigenvalue weighted by Crippen LogP contribution is 2.42. The molecule has 1 unspecified atom stereocenters. The van der Waals surface area contributed by atoms with E-state index in [0.29, 0.717) is 19.2 Å². The van der Waals surface area contributed by atoms with Crippen LogP contribution in [0.4, 0.5) is 17.7 Å². The predicted molar refractivity (Wildman–Crippen MR) is 132 cm³/mol. The SMILES string of the molecule is C[C@H]1COCCN1c1nc(-c2cnc(N)nc2)c2c(n1)N([C@@]1(C)CCN(C3CCNC3=O)C1)CC2. The molecule has 3 saturated heterocycles. The van der Waals surface area contributed by atoms with Gasteiger partial charge in [0.2, 0.25) is 17.8 Å². The average molecular weight is 480 g/mol. The molecule has 11 nitrogen and oxygen atoms in total. The largest absolute Gasteiger partial charge is 0.377 e. The molecule has 0 saturated carbocycles. The molecule has 0 aliphatic carbocycles. The highest BCUT2D eigenvalue weighted by Gasteiger charge is 2.46. The second-order valence-electron chi connectivity index (χ2n) is 10.3. The van der Waals surface area contributed by atoms with Gasteiger partial charge in [-0.05, 0) is 33.1 Å². The lowest BCUT2D eigenvalue weighted by molar-refractivity contribution is -0.123. The van der Waals surface area contributed by atoms with Gasteiger partial charge in [0.25, 0.3) is 0 Å². The Bertz CT molecular complexity index is 1130. The van der Waals surface area contributed by atoms with Crippen LogP contribution in [0.5, 0.6) is 0 Å². The second kappa shape index (κ2) is 8.56. The summed E-state index contributed by atoms with van der Waals surface area (Å²) in [5.41, 5.74) is 8.51. The maximum absolute atomic E-state index is 12.3. The van der Waals surface area contributed by atoms with Crippen LogP contribution in [-0.2, 0) is 16.0 Å². The number of ether oxygens (including phenoxy) is 1. The first-order valence-corrected chi connectivity index (χ1v) is 12.6. The van der Waals surface area contributed by atoms with Crippen molar-refractivity contribution in [2.75, 3.05) is 61.5 Å². The number of fused-ring (bicyclic) bond motifs is 1. The summed E-state index contributed by atoms with van der Waals surface area (Å²) in [4.78, 5) is 38.0. The summed E-state index contributed by atoms with van der Waals surface area (Å²) in [7, 11) is 0.